The molecule has 0 aliphatic carbocycles. The Labute approximate surface area is 527 Å². The molecular formula is C73H82F9N5O4. The zero-order valence-corrected chi connectivity index (χ0v) is 51.6. The molecule has 4 heterocycles. The third-order valence-electron chi connectivity index (χ3n) is 16.3. The maximum Gasteiger partial charge on any atom is 0.416 e. The molecule has 0 saturated carbocycles. The molecule has 4 aliphatic rings. The van der Waals surface area contributed by atoms with Crippen molar-refractivity contribution >= 4 is 33.6 Å². The van der Waals surface area contributed by atoms with Gasteiger partial charge in [-0.05, 0) is 138 Å². The molecule has 0 aromatic heterocycles. The van der Waals surface area contributed by atoms with Crippen LogP contribution >= 0.6 is 0 Å². The number of aldehydes is 1. The number of nitrogens with two attached hydrogens (primary N) is 1. The van der Waals surface area contributed by atoms with Crippen LogP contribution in [-0.4, -0.2) is 102 Å². The normalized spacial score (nSPS) is 18.5. The lowest BCUT2D eigenvalue weighted by Gasteiger charge is -2.20. The predicted octanol–water partition coefficient (Wildman–Crippen LogP) is 15.6. The summed E-state index contributed by atoms with van der Waals surface area (Å²) in [6.45, 7) is 15.1. The average Bonchev–Trinajstić information content (AvgIpc) is 2.90. The number of hydrogen-bond acceptors (Lipinski definition) is 9. The second-order valence-corrected chi connectivity index (χ2v) is 23.9. The van der Waals surface area contributed by atoms with Gasteiger partial charge < -0.3 is 21.3 Å². The summed E-state index contributed by atoms with van der Waals surface area (Å²) in [4.78, 5) is 27.6. The molecule has 0 spiro atoms. The van der Waals surface area contributed by atoms with Gasteiger partial charge in [0.25, 0.3) is 0 Å². The van der Waals surface area contributed by atoms with Crippen LogP contribution in [0.1, 0.15) is 118 Å². The molecule has 486 valence electrons. The van der Waals surface area contributed by atoms with E-state index < -0.39 is 35.2 Å². The van der Waals surface area contributed by atoms with Crippen LogP contribution in [0.2, 0.25) is 0 Å². The van der Waals surface area contributed by atoms with E-state index in [0.717, 1.165) is 68.8 Å². The monoisotopic (exact) mass is 1260 g/mol. The summed E-state index contributed by atoms with van der Waals surface area (Å²) in [6.07, 6.45) is -8.26. The summed E-state index contributed by atoms with van der Waals surface area (Å²) in [6, 6.07) is 54.1. The Morgan fingerprint density at radius 3 is 1.52 bits per heavy atom. The van der Waals surface area contributed by atoms with Crippen molar-refractivity contribution in [2.75, 3.05) is 52.4 Å². The van der Waals surface area contributed by atoms with Crippen LogP contribution in [0.3, 0.4) is 0 Å². The Hall–Kier alpha value is -7.29. The van der Waals surface area contributed by atoms with Crippen molar-refractivity contribution in [3.63, 3.8) is 0 Å². The second kappa shape index (κ2) is 33.9. The molecule has 5 N–H and O–H groups in total. The highest BCUT2D eigenvalue weighted by Gasteiger charge is 2.33. The van der Waals surface area contributed by atoms with E-state index in [0.29, 0.717) is 68.9 Å². The van der Waals surface area contributed by atoms with Gasteiger partial charge in [-0.3, -0.25) is 24.3 Å². The molecule has 0 radical (unpaired) electrons. The van der Waals surface area contributed by atoms with Gasteiger partial charge in [0.1, 0.15) is 12.1 Å². The largest absolute Gasteiger partial charge is 0.416 e. The summed E-state index contributed by atoms with van der Waals surface area (Å²) in [5.41, 5.74) is 10.6. The van der Waals surface area contributed by atoms with Crippen molar-refractivity contribution in [2.24, 2.45) is 11.7 Å². The first-order valence-corrected chi connectivity index (χ1v) is 30.8. The number of aliphatic hydroxyl groups is 2. The number of β-amino-alcohol motifs (C(OH)–C–C–N with tert-alkyl or cyclic N) is 2. The zero-order valence-electron chi connectivity index (χ0n) is 51.6. The highest BCUT2D eigenvalue weighted by molar-refractivity contribution is 5.87. The molecule has 0 bridgehead atoms. The van der Waals surface area contributed by atoms with E-state index in [1.165, 1.54) is 100 Å². The van der Waals surface area contributed by atoms with Gasteiger partial charge in [-0.15, -0.1) is 0 Å². The van der Waals surface area contributed by atoms with Crippen molar-refractivity contribution in [3.05, 3.63) is 238 Å². The van der Waals surface area contributed by atoms with Crippen molar-refractivity contribution < 1.29 is 59.3 Å². The van der Waals surface area contributed by atoms with Gasteiger partial charge in [-0.1, -0.05) is 170 Å². The molecule has 8 aromatic rings. The number of nitrogens with zero attached hydrogens (tertiary/aromatic N) is 3. The first-order valence-electron chi connectivity index (χ1n) is 30.8. The number of rotatable bonds is 11. The van der Waals surface area contributed by atoms with Gasteiger partial charge in [0.05, 0.1) is 35.4 Å². The highest BCUT2D eigenvalue weighted by atomic mass is 19.4. The number of aryl methyl sites for hydroxylation is 1. The van der Waals surface area contributed by atoms with E-state index in [4.69, 9.17) is 10.8 Å². The minimum absolute atomic E-state index is 0.0322. The fraction of sp³-hybridized carbons (Fsp3) is 0.370. The van der Waals surface area contributed by atoms with Gasteiger partial charge in [-0.25, -0.2) is 0 Å². The smallest absolute Gasteiger partial charge is 0.392 e. The first-order chi connectivity index (χ1) is 43.3. The molecule has 4 saturated heterocycles. The molecule has 18 heteroatoms. The Morgan fingerprint density at radius 2 is 1.03 bits per heavy atom. The standard InChI is InChI=1S/C25H29N.C12H14F3NO.C12H12F3NO.C12H13N.C8H5F3O.C4H9NO/c1-19-7-5-8-21(15-19)17-26-14-13-22(18-26)16-20(2)24-12-6-10-23-9-3-4-11-25(23)24;2*13-12(14,15)10-3-1-2-9(6-10)7-16-5-4-11(17)8-16;1-9(13)11-8-4-6-10-5-2-3-7-12(10)11;9-8(10,11)7-3-1-2-6(4-7)5-12;6-4-1-2-5-3-4/h3-12,15,20,22H,13-14,16-18H2,1-2H3;1-3,6,11,17H,4-5,7-8H2;1-3,6H,4-5,7-8H2;2-9H,13H2,1H3;1-5H;4-6H,1-3H2/t20-,22?;;;9-;;/m0..1../s1. The SMILES string of the molecule is C[C@@H](N)c1cccc2ccccc12.Cc1cccc(CN2CCC(C[C@H](C)c3cccc4ccccc34)C2)c1.O=C1CCN(Cc2cccc(C(F)(F)F)c2)C1.O=Cc1cccc(C(F)(F)F)c1.OC1CCN(Cc2cccc(C(F)(F)F)c2)C1.OC1CCNC1. The van der Waals surface area contributed by atoms with E-state index in [9.17, 15) is 54.2 Å². The lowest BCUT2D eigenvalue weighted by Crippen LogP contribution is -2.21. The molecular weight excluding hydrogens is 1180 g/mol. The maximum absolute atomic E-state index is 12.5. The van der Waals surface area contributed by atoms with E-state index in [1.54, 1.807) is 12.1 Å². The number of fused-ring (bicyclic) bond motifs is 2. The summed E-state index contributed by atoms with van der Waals surface area (Å²) >= 11 is 0. The van der Waals surface area contributed by atoms with E-state index >= 15 is 0 Å². The van der Waals surface area contributed by atoms with E-state index in [2.05, 4.69) is 121 Å². The van der Waals surface area contributed by atoms with Gasteiger partial charge in [0.2, 0.25) is 0 Å². The Kier molecular flexibility index (Phi) is 26.5. The first kappa shape index (κ1) is 71.2. The van der Waals surface area contributed by atoms with Crippen LogP contribution in [-0.2, 0) is 43.0 Å². The number of benzene rings is 8. The molecule has 3 unspecified atom stereocenters. The van der Waals surface area contributed by atoms with Gasteiger partial charge in [-0.2, -0.15) is 39.5 Å². The van der Waals surface area contributed by atoms with Crippen molar-refractivity contribution in [1.29, 1.82) is 0 Å². The number of ketones is 1. The van der Waals surface area contributed by atoms with Crippen molar-refractivity contribution in [1.82, 2.24) is 20.0 Å². The maximum atomic E-state index is 12.5. The molecule has 8 aromatic carbocycles. The summed E-state index contributed by atoms with van der Waals surface area (Å²) in [7, 11) is 0. The topological polar surface area (TPSA) is 122 Å². The lowest BCUT2D eigenvalue weighted by molar-refractivity contribution is -0.138. The number of halogens is 9. The van der Waals surface area contributed by atoms with Crippen LogP contribution in [0.15, 0.2) is 182 Å². The predicted molar refractivity (Wildman–Crippen MR) is 342 cm³/mol. The van der Waals surface area contributed by atoms with E-state index in [1.807, 2.05) is 28.9 Å². The number of hydrogen-bond donors (Lipinski definition) is 4. The van der Waals surface area contributed by atoms with Crippen LogP contribution in [0.4, 0.5) is 39.5 Å². The third kappa shape index (κ3) is 23.1. The minimum Gasteiger partial charge on any atom is -0.392 e. The number of carbonyl (C=O) groups excluding carboxylic acids is 2. The molecule has 4 aliphatic heterocycles. The molecule has 12 rings (SSSR count). The Bertz CT molecular complexity index is 3560. The average molecular weight is 1260 g/mol. The molecule has 0 amide bonds. The van der Waals surface area contributed by atoms with Crippen molar-refractivity contribution in [3.8, 4) is 0 Å². The zero-order chi connectivity index (χ0) is 65.7. The fourth-order valence-corrected chi connectivity index (χ4v) is 11.7. The molecule has 4 fully saturated rings. The van der Waals surface area contributed by atoms with Crippen LogP contribution in [0, 0.1) is 12.8 Å². The van der Waals surface area contributed by atoms with Gasteiger partial charge in [0.15, 0.2) is 0 Å². The highest BCUT2D eigenvalue weighted by Crippen LogP contribution is 2.35. The van der Waals surface area contributed by atoms with Crippen LogP contribution in [0.25, 0.3) is 21.5 Å². The number of nitrogens with one attached hydrogen (secondary N) is 1. The van der Waals surface area contributed by atoms with Gasteiger partial charge in [0, 0.05) is 70.4 Å². The Morgan fingerprint density at radius 1 is 0.549 bits per heavy atom. The third-order valence-corrected chi connectivity index (χ3v) is 16.3. The fourth-order valence-electron chi connectivity index (χ4n) is 11.7. The number of carbonyl (C=O) groups is 2. The molecule has 9 nitrogen and oxygen atoms in total. The lowest BCUT2D eigenvalue weighted by atomic mass is 9.87. The van der Waals surface area contributed by atoms with Gasteiger partial charge >= 0.3 is 18.5 Å². The minimum atomic E-state index is -4.38. The summed E-state index contributed by atoms with van der Waals surface area (Å²) in [5, 5.41) is 26.3. The Balaban J connectivity index is 0.000000162. The molecule has 91 heavy (non-hydrogen) atoms. The van der Waals surface area contributed by atoms with Crippen LogP contribution < -0.4 is 11.1 Å². The van der Waals surface area contributed by atoms with Crippen molar-refractivity contribution in [2.45, 2.75) is 115 Å². The van der Waals surface area contributed by atoms with E-state index in [-0.39, 0.29) is 29.6 Å². The summed E-state index contributed by atoms with van der Waals surface area (Å²) in [5.74, 6) is 1.58. The number of likely N-dealkylation sites (tertiary alicyclic amines) is 3. The number of alkyl halides is 9. The summed E-state index contributed by atoms with van der Waals surface area (Å²) < 4.78 is 111. The molecule has 5 atom stereocenters. The quantitative estimate of drug-likeness (QED) is 0.0741. The second-order valence-electron chi connectivity index (χ2n) is 23.9. The number of Topliss-reactive ketones (excluding diaryl/α,β-unsaturated/α-hetero) is 1. The number of aliphatic hydroxyl groups excluding tert-OH is 2. The van der Waals surface area contributed by atoms with Crippen LogP contribution in [0.5, 0.6) is 0 Å².